The third-order valence-electron chi connectivity index (χ3n) is 5.42. The fraction of sp³-hybridized carbons (Fsp3) is 0.138. The summed E-state index contributed by atoms with van der Waals surface area (Å²) in [7, 11) is 1.58. The monoisotopic (exact) mass is 452 g/mol. The molecule has 0 bridgehead atoms. The molecular formula is C29H28N2O3. The van der Waals surface area contributed by atoms with Crippen LogP contribution in [0.5, 0.6) is 11.5 Å². The van der Waals surface area contributed by atoms with Crippen molar-refractivity contribution in [1.29, 1.82) is 0 Å². The largest absolute Gasteiger partial charge is 0.493 e. The summed E-state index contributed by atoms with van der Waals surface area (Å²) < 4.78 is 11.0. The first-order valence-electron chi connectivity index (χ1n) is 11.2. The van der Waals surface area contributed by atoms with Crippen molar-refractivity contribution in [1.82, 2.24) is 0 Å². The summed E-state index contributed by atoms with van der Waals surface area (Å²) in [5.41, 5.74) is 11.5. The maximum Gasteiger partial charge on any atom is 0.228 e. The Morgan fingerprint density at radius 1 is 0.765 bits per heavy atom. The summed E-state index contributed by atoms with van der Waals surface area (Å²) in [6.45, 7) is 0.823. The van der Waals surface area contributed by atoms with Crippen LogP contribution < -0.4 is 20.5 Å². The number of carbonyl (C=O) groups excluding carboxylic acids is 1. The highest BCUT2D eigenvalue weighted by atomic mass is 16.5. The molecule has 0 aromatic heterocycles. The van der Waals surface area contributed by atoms with Gasteiger partial charge in [-0.3, -0.25) is 4.79 Å². The molecule has 5 heteroatoms. The third-order valence-corrected chi connectivity index (χ3v) is 5.42. The lowest BCUT2D eigenvalue weighted by Crippen LogP contribution is -2.14. The summed E-state index contributed by atoms with van der Waals surface area (Å²) in [6.07, 6.45) is 0.223. The molecular weight excluding hydrogens is 424 g/mol. The quantitative estimate of drug-likeness (QED) is 0.349. The zero-order chi connectivity index (χ0) is 23.8. The lowest BCUT2D eigenvalue weighted by atomic mass is 9.99. The minimum absolute atomic E-state index is 0.104. The van der Waals surface area contributed by atoms with Crippen molar-refractivity contribution < 1.29 is 14.3 Å². The minimum atomic E-state index is -0.104. The fourth-order valence-electron chi connectivity index (χ4n) is 3.79. The van der Waals surface area contributed by atoms with Gasteiger partial charge in [-0.2, -0.15) is 0 Å². The number of carbonyl (C=O) groups is 1. The second-order valence-corrected chi connectivity index (χ2v) is 7.87. The number of anilines is 1. The Hall–Kier alpha value is -4.09. The third kappa shape index (κ3) is 5.82. The van der Waals surface area contributed by atoms with Gasteiger partial charge in [0.2, 0.25) is 5.91 Å². The zero-order valence-electron chi connectivity index (χ0n) is 19.2. The van der Waals surface area contributed by atoms with Crippen LogP contribution in [0.3, 0.4) is 0 Å². The molecule has 1 amide bonds. The molecule has 4 aromatic carbocycles. The molecule has 5 nitrogen and oxygen atoms in total. The maximum atomic E-state index is 12.7. The Labute approximate surface area is 200 Å². The molecule has 4 aromatic rings. The molecule has 4 rings (SSSR count). The Bertz CT molecular complexity index is 1260. The van der Waals surface area contributed by atoms with Gasteiger partial charge in [-0.05, 0) is 58.1 Å². The Balaban J connectivity index is 1.46. The van der Waals surface area contributed by atoms with Crippen LogP contribution in [-0.2, 0) is 11.2 Å². The first-order chi connectivity index (χ1) is 16.7. The van der Waals surface area contributed by atoms with Gasteiger partial charge in [0, 0.05) is 12.2 Å². The summed E-state index contributed by atoms with van der Waals surface area (Å²) in [5, 5.41) is 3.01. The topological polar surface area (TPSA) is 73.6 Å². The highest BCUT2D eigenvalue weighted by molar-refractivity contribution is 5.93. The van der Waals surface area contributed by atoms with E-state index in [9.17, 15) is 4.79 Å². The number of amides is 1. The van der Waals surface area contributed by atoms with E-state index >= 15 is 0 Å². The van der Waals surface area contributed by atoms with Crippen LogP contribution in [0.1, 0.15) is 5.56 Å². The van der Waals surface area contributed by atoms with Gasteiger partial charge in [0.05, 0.1) is 13.5 Å². The molecule has 0 aliphatic carbocycles. The predicted octanol–water partition coefficient (Wildman–Crippen LogP) is 5.55. The van der Waals surface area contributed by atoms with E-state index in [0.717, 1.165) is 27.9 Å². The highest BCUT2D eigenvalue weighted by Crippen LogP contribution is 2.29. The fourth-order valence-corrected chi connectivity index (χ4v) is 3.79. The van der Waals surface area contributed by atoms with Gasteiger partial charge in [-0.25, -0.2) is 0 Å². The van der Waals surface area contributed by atoms with E-state index in [1.807, 2.05) is 54.6 Å². The van der Waals surface area contributed by atoms with E-state index in [1.54, 1.807) is 13.2 Å². The first kappa shape index (κ1) is 23.1. The van der Waals surface area contributed by atoms with Gasteiger partial charge in [0.15, 0.2) is 11.5 Å². The molecule has 0 heterocycles. The van der Waals surface area contributed by atoms with Crippen molar-refractivity contribution in [2.24, 2.45) is 5.73 Å². The average Bonchev–Trinajstić information content (AvgIpc) is 2.88. The van der Waals surface area contributed by atoms with Crippen LogP contribution >= 0.6 is 0 Å². The number of nitrogens with one attached hydrogen (secondary N) is 1. The molecule has 172 valence electrons. The number of hydrogen-bond acceptors (Lipinski definition) is 4. The molecule has 0 saturated carbocycles. The van der Waals surface area contributed by atoms with Gasteiger partial charge in [-0.1, -0.05) is 66.7 Å². The number of ether oxygens (including phenoxy) is 2. The summed E-state index contributed by atoms with van der Waals surface area (Å²) in [4.78, 5) is 12.7. The molecule has 0 fully saturated rings. The van der Waals surface area contributed by atoms with Crippen LogP contribution in [0.15, 0.2) is 97.1 Å². The Kier molecular flexibility index (Phi) is 7.58. The SMILES string of the molecule is COc1cc(CC(=O)Nc2cccc(-c3cccc(-c4ccccc4)c3)c2)ccc1OCCN. The molecule has 0 saturated heterocycles. The van der Waals surface area contributed by atoms with Gasteiger partial charge >= 0.3 is 0 Å². The summed E-state index contributed by atoms with van der Waals surface area (Å²) in [6, 6.07) is 32.0. The van der Waals surface area contributed by atoms with Gasteiger partial charge < -0.3 is 20.5 Å². The van der Waals surface area contributed by atoms with Crippen molar-refractivity contribution in [2.45, 2.75) is 6.42 Å². The molecule has 0 atom stereocenters. The number of benzene rings is 4. The highest BCUT2D eigenvalue weighted by Gasteiger charge is 2.10. The number of hydrogen-bond donors (Lipinski definition) is 2. The predicted molar refractivity (Wildman–Crippen MR) is 137 cm³/mol. The lowest BCUT2D eigenvalue weighted by molar-refractivity contribution is -0.115. The molecule has 0 radical (unpaired) electrons. The van der Waals surface area contributed by atoms with Crippen LogP contribution in [0, 0.1) is 0 Å². The number of nitrogens with two attached hydrogens (primary N) is 1. The minimum Gasteiger partial charge on any atom is -0.493 e. The normalized spacial score (nSPS) is 10.5. The lowest BCUT2D eigenvalue weighted by Gasteiger charge is -2.12. The van der Waals surface area contributed by atoms with Crippen molar-refractivity contribution >= 4 is 11.6 Å². The van der Waals surface area contributed by atoms with Crippen molar-refractivity contribution in [3.63, 3.8) is 0 Å². The summed E-state index contributed by atoms with van der Waals surface area (Å²) >= 11 is 0. The van der Waals surface area contributed by atoms with Crippen LogP contribution in [0.25, 0.3) is 22.3 Å². The van der Waals surface area contributed by atoms with Crippen LogP contribution in [0.4, 0.5) is 5.69 Å². The van der Waals surface area contributed by atoms with E-state index in [1.165, 1.54) is 5.56 Å². The Morgan fingerprint density at radius 2 is 1.44 bits per heavy atom. The van der Waals surface area contributed by atoms with Gasteiger partial charge in [0.1, 0.15) is 6.61 Å². The average molecular weight is 453 g/mol. The molecule has 34 heavy (non-hydrogen) atoms. The first-order valence-corrected chi connectivity index (χ1v) is 11.2. The van der Waals surface area contributed by atoms with Crippen molar-refractivity contribution in [2.75, 3.05) is 25.6 Å². The molecule has 0 unspecified atom stereocenters. The Morgan fingerprint density at radius 3 is 2.18 bits per heavy atom. The van der Waals surface area contributed by atoms with Crippen molar-refractivity contribution in [3.8, 4) is 33.8 Å². The van der Waals surface area contributed by atoms with E-state index in [2.05, 4.69) is 41.7 Å². The van der Waals surface area contributed by atoms with Crippen LogP contribution in [0.2, 0.25) is 0 Å². The van der Waals surface area contributed by atoms with Gasteiger partial charge in [-0.15, -0.1) is 0 Å². The molecule has 0 spiro atoms. The molecule has 0 aliphatic heterocycles. The van der Waals surface area contributed by atoms with E-state index < -0.39 is 0 Å². The smallest absolute Gasteiger partial charge is 0.228 e. The second kappa shape index (κ2) is 11.2. The molecule has 0 aliphatic rings. The standard InChI is InChI=1S/C29H28N2O3/c1-33-28-17-21(13-14-27(28)34-16-15-30)18-29(32)31-26-12-6-11-25(20-26)24-10-5-9-23(19-24)22-7-3-2-4-8-22/h2-14,17,19-20H,15-16,18,30H2,1H3,(H,31,32). The summed E-state index contributed by atoms with van der Waals surface area (Å²) in [5.74, 6) is 1.09. The second-order valence-electron chi connectivity index (χ2n) is 7.87. The number of methoxy groups -OCH3 is 1. The van der Waals surface area contributed by atoms with E-state index in [-0.39, 0.29) is 12.3 Å². The van der Waals surface area contributed by atoms with E-state index in [4.69, 9.17) is 15.2 Å². The van der Waals surface area contributed by atoms with Crippen molar-refractivity contribution in [3.05, 3.63) is 103 Å². The maximum absolute atomic E-state index is 12.7. The van der Waals surface area contributed by atoms with Gasteiger partial charge in [0.25, 0.3) is 0 Å². The molecule has 3 N–H and O–H groups in total. The zero-order valence-corrected chi connectivity index (χ0v) is 19.2. The van der Waals surface area contributed by atoms with E-state index in [0.29, 0.717) is 24.7 Å². The van der Waals surface area contributed by atoms with Crippen LogP contribution in [-0.4, -0.2) is 26.2 Å². The number of rotatable bonds is 9.